The molecule has 8 heteroatoms. The largest absolute Gasteiger partial charge is 0.495 e. The maximum Gasteiger partial charge on any atom is 0.245 e. The Kier molecular flexibility index (Phi) is 6.28. The number of halogens is 1. The first-order valence-corrected chi connectivity index (χ1v) is 9.74. The second-order valence-corrected chi connectivity index (χ2v) is 8.01. The number of nitrogens with one attached hydrogen (secondary N) is 2. The molecule has 2 aromatic rings. The number of para-hydroxylation sites is 1. The van der Waals surface area contributed by atoms with Gasteiger partial charge in [-0.05, 0) is 50.1 Å². The van der Waals surface area contributed by atoms with Gasteiger partial charge in [0.1, 0.15) is 10.6 Å². The van der Waals surface area contributed by atoms with E-state index < -0.39 is 22.0 Å². The van der Waals surface area contributed by atoms with Crippen LogP contribution < -0.4 is 14.8 Å². The van der Waals surface area contributed by atoms with Crippen LogP contribution in [0.5, 0.6) is 5.75 Å². The molecule has 2 aromatic carbocycles. The summed E-state index contributed by atoms with van der Waals surface area (Å²) >= 11 is 5.89. The van der Waals surface area contributed by atoms with E-state index in [1.807, 2.05) is 32.0 Å². The number of hydrogen-bond donors (Lipinski definition) is 2. The van der Waals surface area contributed by atoms with Gasteiger partial charge in [-0.15, -0.1) is 0 Å². The van der Waals surface area contributed by atoms with Crippen LogP contribution in [-0.4, -0.2) is 27.5 Å². The van der Waals surface area contributed by atoms with Crippen molar-refractivity contribution in [1.29, 1.82) is 0 Å². The van der Waals surface area contributed by atoms with E-state index in [9.17, 15) is 13.2 Å². The molecule has 1 atom stereocenters. The Balaban J connectivity index is 2.22. The van der Waals surface area contributed by atoms with Crippen molar-refractivity contribution in [3.05, 3.63) is 52.5 Å². The Morgan fingerprint density at radius 3 is 2.35 bits per heavy atom. The van der Waals surface area contributed by atoms with Crippen LogP contribution in [-0.2, 0) is 14.8 Å². The number of benzene rings is 2. The highest BCUT2D eigenvalue weighted by Crippen LogP contribution is 2.27. The molecule has 0 heterocycles. The summed E-state index contributed by atoms with van der Waals surface area (Å²) < 4.78 is 32.7. The molecule has 1 amide bonds. The van der Waals surface area contributed by atoms with Gasteiger partial charge in [0, 0.05) is 10.7 Å². The number of sulfonamides is 1. The van der Waals surface area contributed by atoms with Crippen LogP contribution in [0.4, 0.5) is 5.69 Å². The van der Waals surface area contributed by atoms with Gasteiger partial charge in [0.15, 0.2) is 0 Å². The highest BCUT2D eigenvalue weighted by molar-refractivity contribution is 7.89. The summed E-state index contributed by atoms with van der Waals surface area (Å²) in [7, 11) is -2.64. The Morgan fingerprint density at radius 1 is 1.15 bits per heavy atom. The van der Waals surface area contributed by atoms with E-state index in [1.165, 1.54) is 32.2 Å². The average Bonchev–Trinajstić information content (AvgIpc) is 2.57. The molecule has 140 valence electrons. The van der Waals surface area contributed by atoms with Gasteiger partial charge in [-0.2, -0.15) is 4.72 Å². The summed E-state index contributed by atoms with van der Waals surface area (Å²) in [5.74, 6) is -0.323. The van der Waals surface area contributed by atoms with Crippen LogP contribution in [0.2, 0.25) is 5.02 Å². The van der Waals surface area contributed by atoms with Crippen molar-refractivity contribution in [2.45, 2.75) is 31.7 Å². The van der Waals surface area contributed by atoms with Crippen molar-refractivity contribution in [3.63, 3.8) is 0 Å². The second kappa shape index (κ2) is 8.07. The number of carbonyl (C=O) groups is 1. The minimum atomic E-state index is -4.00. The minimum Gasteiger partial charge on any atom is -0.495 e. The summed E-state index contributed by atoms with van der Waals surface area (Å²) in [4.78, 5) is 12.3. The molecule has 0 aromatic heterocycles. The Bertz CT molecular complexity index is 909. The number of hydrogen-bond acceptors (Lipinski definition) is 4. The van der Waals surface area contributed by atoms with Gasteiger partial charge >= 0.3 is 0 Å². The molecule has 0 fully saturated rings. The van der Waals surface area contributed by atoms with Gasteiger partial charge in [0.05, 0.1) is 13.2 Å². The molecule has 0 aliphatic heterocycles. The number of ether oxygens (including phenoxy) is 1. The monoisotopic (exact) mass is 396 g/mol. The first kappa shape index (κ1) is 20.2. The molecule has 0 bridgehead atoms. The number of amides is 1. The van der Waals surface area contributed by atoms with E-state index in [4.69, 9.17) is 16.3 Å². The maximum atomic E-state index is 12.6. The highest BCUT2D eigenvalue weighted by Gasteiger charge is 2.25. The normalized spacial score (nSPS) is 12.5. The van der Waals surface area contributed by atoms with Crippen LogP contribution >= 0.6 is 11.6 Å². The summed E-state index contributed by atoms with van der Waals surface area (Å²) in [6.07, 6.45) is 0. The van der Waals surface area contributed by atoms with Crippen LogP contribution in [0.25, 0.3) is 0 Å². The summed E-state index contributed by atoms with van der Waals surface area (Å²) in [6.45, 7) is 5.21. The first-order valence-electron chi connectivity index (χ1n) is 7.88. The maximum absolute atomic E-state index is 12.6. The molecule has 2 rings (SSSR count). The Labute approximate surface area is 158 Å². The van der Waals surface area contributed by atoms with E-state index in [2.05, 4.69) is 10.0 Å². The van der Waals surface area contributed by atoms with Gasteiger partial charge in [-0.25, -0.2) is 8.42 Å². The van der Waals surface area contributed by atoms with Crippen molar-refractivity contribution in [2.75, 3.05) is 12.4 Å². The van der Waals surface area contributed by atoms with Crippen LogP contribution in [0.1, 0.15) is 18.1 Å². The molecule has 0 spiro atoms. The molecule has 0 saturated heterocycles. The molecule has 6 nitrogen and oxygen atoms in total. The summed E-state index contributed by atoms with van der Waals surface area (Å²) in [5.41, 5.74) is 2.46. The SMILES string of the molecule is COc1ccc(Cl)cc1S(=O)(=O)N[C@H](C)C(=O)Nc1c(C)cccc1C. The lowest BCUT2D eigenvalue weighted by Crippen LogP contribution is -2.41. The van der Waals surface area contributed by atoms with Crippen LogP contribution in [0.3, 0.4) is 0 Å². The molecule has 0 aliphatic rings. The zero-order valence-corrected chi connectivity index (χ0v) is 16.5. The number of aryl methyl sites for hydroxylation is 2. The minimum absolute atomic E-state index is 0.126. The lowest BCUT2D eigenvalue weighted by Gasteiger charge is -2.18. The van der Waals surface area contributed by atoms with E-state index in [1.54, 1.807) is 0 Å². The highest BCUT2D eigenvalue weighted by atomic mass is 35.5. The van der Waals surface area contributed by atoms with Crippen molar-refractivity contribution in [3.8, 4) is 5.75 Å². The van der Waals surface area contributed by atoms with Gasteiger partial charge in [-0.3, -0.25) is 4.79 Å². The average molecular weight is 397 g/mol. The van der Waals surface area contributed by atoms with Crippen LogP contribution in [0, 0.1) is 13.8 Å². The lowest BCUT2D eigenvalue weighted by molar-refractivity contribution is -0.117. The number of rotatable bonds is 6. The Morgan fingerprint density at radius 2 is 1.77 bits per heavy atom. The molecule has 2 N–H and O–H groups in total. The first-order chi connectivity index (χ1) is 12.2. The van der Waals surface area contributed by atoms with Crippen molar-refractivity contribution in [1.82, 2.24) is 4.72 Å². The van der Waals surface area contributed by atoms with Crippen molar-refractivity contribution >= 4 is 33.2 Å². The number of anilines is 1. The van der Waals surface area contributed by atoms with Crippen molar-refractivity contribution < 1.29 is 17.9 Å². The third-order valence-electron chi connectivity index (χ3n) is 3.87. The Hall–Kier alpha value is -2.09. The molecule has 0 aliphatic carbocycles. The zero-order chi connectivity index (χ0) is 19.5. The molecule has 26 heavy (non-hydrogen) atoms. The zero-order valence-electron chi connectivity index (χ0n) is 15.0. The molecule has 0 saturated carbocycles. The van der Waals surface area contributed by atoms with Gasteiger partial charge in [0.2, 0.25) is 15.9 Å². The fraction of sp³-hybridized carbons (Fsp3) is 0.278. The number of carbonyl (C=O) groups excluding carboxylic acids is 1. The second-order valence-electron chi connectivity index (χ2n) is 5.89. The third kappa shape index (κ3) is 4.55. The molecular formula is C18H21ClN2O4S. The number of methoxy groups -OCH3 is 1. The standard InChI is InChI=1S/C18H21ClN2O4S/c1-11-6-5-7-12(2)17(11)20-18(22)13(3)21-26(23,24)16-10-14(19)8-9-15(16)25-4/h5-10,13,21H,1-4H3,(H,20,22)/t13-/m1/s1. The van der Waals surface area contributed by atoms with Gasteiger partial charge < -0.3 is 10.1 Å². The lowest BCUT2D eigenvalue weighted by atomic mass is 10.1. The predicted octanol–water partition coefficient (Wildman–Crippen LogP) is 3.27. The fourth-order valence-corrected chi connectivity index (χ4v) is 4.09. The summed E-state index contributed by atoms with van der Waals surface area (Å²) in [6, 6.07) is 8.89. The fourth-order valence-electron chi connectivity index (χ4n) is 2.45. The third-order valence-corrected chi connectivity index (χ3v) is 5.67. The van der Waals surface area contributed by atoms with Gasteiger partial charge in [0.25, 0.3) is 0 Å². The van der Waals surface area contributed by atoms with E-state index in [0.29, 0.717) is 5.69 Å². The predicted molar refractivity (Wildman–Crippen MR) is 102 cm³/mol. The van der Waals surface area contributed by atoms with Crippen LogP contribution in [0.15, 0.2) is 41.3 Å². The molecule has 0 radical (unpaired) electrons. The van der Waals surface area contributed by atoms with Gasteiger partial charge in [-0.1, -0.05) is 29.8 Å². The van der Waals surface area contributed by atoms with E-state index in [0.717, 1.165) is 11.1 Å². The van der Waals surface area contributed by atoms with E-state index >= 15 is 0 Å². The summed E-state index contributed by atoms with van der Waals surface area (Å²) in [5, 5.41) is 3.02. The van der Waals surface area contributed by atoms with E-state index in [-0.39, 0.29) is 15.7 Å². The quantitative estimate of drug-likeness (QED) is 0.784. The molecular weight excluding hydrogens is 376 g/mol. The smallest absolute Gasteiger partial charge is 0.245 e. The van der Waals surface area contributed by atoms with Crippen molar-refractivity contribution in [2.24, 2.45) is 0 Å². The topological polar surface area (TPSA) is 84.5 Å². The molecule has 0 unspecified atom stereocenters.